The molecule has 2 aliphatic heterocycles. The fourth-order valence-electron chi connectivity index (χ4n) is 4.03. The largest absolute Gasteiger partial charge is 0.478 e. The van der Waals surface area contributed by atoms with Crippen molar-refractivity contribution in [2.75, 3.05) is 6.61 Å². The number of esters is 2. The fourth-order valence-corrected chi connectivity index (χ4v) is 4.03. The van der Waals surface area contributed by atoms with Gasteiger partial charge in [0.2, 0.25) is 0 Å². The van der Waals surface area contributed by atoms with Crippen LogP contribution < -0.4 is 0 Å². The second-order valence-corrected chi connectivity index (χ2v) is 6.79. The predicted molar refractivity (Wildman–Crippen MR) is 89.4 cm³/mol. The Morgan fingerprint density at radius 3 is 2.35 bits per heavy atom. The van der Waals surface area contributed by atoms with Gasteiger partial charge in [0.1, 0.15) is 6.10 Å². The Balaban J connectivity index is 1.89. The smallest absolute Gasteiger partial charge is 0.335 e. The van der Waals surface area contributed by atoms with Gasteiger partial charge in [-0.25, -0.2) is 4.79 Å². The second-order valence-electron chi connectivity index (χ2n) is 6.79. The van der Waals surface area contributed by atoms with Gasteiger partial charge in [-0.3, -0.25) is 9.59 Å². The Labute approximate surface area is 151 Å². The van der Waals surface area contributed by atoms with Gasteiger partial charge in [0.25, 0.3) is 0 Å². The molecule has 3 rings (SSSR count). The Morgan fingerprint density at radius 1 is 1.12 bits per heavy atom. The van der Waals surface area contributed by atoms with Crippen LogP contribution in [0.25, 0.3) is 0 Å². The summed E-state index contributed by atoms with van der Waals surface area (Å²) in [4.78, 5) is 34.0. The number of carbonyl (C=O) groups is 3. The Kier molecular flexibility index (Phi) is 5.27. The molecule has 0 spiro atoms. The van der Waals surface area contributed by atoms with Gasteiger partial charge < -0.3 is 19.3 Å². The summed E-state index contributed by atoms with van der Waals surface area (Å²) in [5, 5.41) is 9.07. The number of carbonyl (C=O) groups excluding carboxylic acids is 2. The molecule has 7 nitrogen and oxygen atoms in total. The zero-order valence-electron chi connectivity index (χ0n) is 14.7. The zero-order chi connectivity index (χ0) is 18.8. The number of benzene rings is 1. The number of hydrogen-bond acceptors (Lipinski definition) is 6. The number of hydrogen-bond donors (Lipinski definition) is 1. The summed E-state index contributed by atoms with van der Waals surface area (Å²) in [6.07, 6.45) is 1.06. The van der Waals surface area contributed by atoms with E-state index in [4.69, 9.17) is 19.3 Å². The molecule has 0 aliphatic carbocycles. The van der Waals surface area contributed by atoms with Crippen molar-refractivity contribution in [2.45, 2.75) is 45.0 Å². The number of carboxylic acids is 1. The van der Waals surface area contributed by atoms with E-state index in [1.807, 2.05) is 0 Å². The first-order valence-corrected chi connectivity index (χ1v) is 8.66. The lowest BCUT2D eigenvalue weighted by molar-refractivity contribution is -0.154. The van der Waals surface area contributed by atoms with Crippen molar-refractivity contribution < 1.29 is 33.7 Å². The molecular formula is C19H22O7. The molecule has 2 heterocycles. The van der Waals surface area contributed by atoms with Crippen LogP contribution in [0.5, 0.6) is 0 Å². The lowest BCUT2D eigenvalue weighted by atomic mass is 9.74. The van der Waals surface area contributed by atoms with Crippen LogP contribution in [0.15, 0.2) is 24.3 Å². The van der Waals surface area contributed by atoms with Gasteiger partial charge >= 0.3 is 17.9 Å². The van der Waals surface area contributed by atoms with E-state index in [1.54, 1.807) is 12.1 Å². The number of carboxylic acid groups (broad SMARTS) is 1. The lowest BCUT2D eigenvalue weighted by Crippen LogP contribution is -2.37. The van der Waals surface area contributed by atoms with Crippen LogP contribution in [-0.2, 0) is 23.8 Å². The van der Waals surface area contributed by atoms with E-state index < -0.39 is 18.0 Å². The number of ether oxygens (including phenoxy) is 3. The first-order chi connectivity index (χ1) is 12.4. The Hall–Kier alpha value is -2.41. The first-order valence-electron chi connectivity index (χ1n) is 8.66. The highest BCUT2D eigenvalue weighted by Crippen LogP contribution is 2.50. The maximum absolute atomic E-state index is 11.7. The molecule has 1 aromatic rings. The molecule has 2 aliphatic rings. The summed E-state index contributed by atoms with van der Waals surface area (Å²) >= 11 is 0. The predicted octanol–water partition coefficient (Wildman–Crippen LogP) is 2.35. The van der Waals surface area contributed by atoms with Gasteiger partial charge in [-0.1, -0.05) is 12.1 Å². The van der Waals surface area contributed by atoms with Crippen LogP contribution in [0.3, 0.4) is 0 Å². The van der Waals surface area contributed by atoms with Crippen molar-refractivity contribution in [2.24, 2.45) is 11.8 Å². The van der Waals surface area contributed by atoms with Crippen molar-refractivity contribution in [3.63, 3.8) is 0 Å². The molecule has 0 saturated carbocycles. The number of fused-ring (bicyclic) bond motifs is 2. The van der Waals surface area contributed by atoms with Crippen molar-refractivity contribution in [3.05, 3.63) is 35.4 Å². The van der Waals surface area contributed by atoms with Gasteiger partial charge in [-0.05, 0) is 30.5 Å². The molecule has 0 amide bonds. The zero-order valence-corrected chi connectivity index (χ0v) is 14.7. The fraction of sp³-hybridized carbons (Fsp3) is 0.526. The third-order valence-electron chi connectivity index (χ3n) is 5.09. The third kappa shape index (κ3) is 3.72. The minimum absolute atomic E-state index is 0.0271. The number of rotatable bonds is 6. The van der Waals surface area contributed by atoms with E-state index >= 15 is 0 Å². The minimum atomic E-state index is -1.02. The quantitative estimate of drug-likeness (QED) is 0.776. The summed E-state index contributed by atoms with van der Waals surface area (Å²) in [7, 11) is 0. The average Bonchev–Trinajstić information content (AvgIpc) is 3.19. The van der Waals surface area contributed by atoms with Gasteiger partial charge in [-0.2, -0.15) is 0 Å². The van der Waals surface area contributed by atoms with Gasteiger partial charge in [-0.15, -0.1) is 0 Å². The molecule has 7 heteroatoms. The van der Waals surface area contributed by atoms with Crippen LogP contribution in [0, 0.1) is 11.8 Å². The van der Waals surface area contributed by atoms with Crippen molar-refractivity contribution >= 4 is 17.9 Å². The standard InChI is InChI=1S/C19H22O7/c1-10(20)24-9-14-15-7-8-16(26-15)17(14)18(25-11(2)21)12-3-5-13(6-4-12)19(22)23/h3-6,14-18H,7-9H2,1-2H3,(H,22,23)/t14-,15+,16?,17-,18-/m1/s1. The van der Waals surface area contributed by atoms with Gasteiger partial charge in [0.05, 0.1) is 24.4 Å². The molecule has 1 N–H and O–H groups in total. The highest BCUT2D eigenvalue weighted by molar-refractivity contribution is 5.87. The van der Waals surface area contributed by atoms with E-state index in [1.165, 1.54) is 26.0 Å². The van der Waals surface area contributed by atoms with E-state index in [0.29, 0.717) is 5.56 Å². The van der Waals surface area contributed by atoms with Gasteiger partial charge in [0, 0.05) is 25.7 Å². The summed E-state index contributed by atoms with van der Waals surface area (Å²) < 4.78 is 16.8. The molecule has 2 bridgehead atoms. The van der Waals surface area contributed by atoms with Crippen LogP contribution in [0.2, 0.25) is 0 Å². The molecule has 2 saturated heterocycles. The third-order valence-corrected chi connectivity index (χ3v) is 5.09. The Bertz CT molecular complexity index is 696. The molecular weight excluding hydrogens is 340 g/mol. The molecule has 0 aromatic heterocycles. The Morgan fingerprint density at radius 2 is 1.77 bits per heavy atom. The maximum atomic E-state index is 11.7. The van der Waals surface area contributed by atoms with Crippen LogP contribution in [-0.4, -0.2) is 41.8 Å². The average molecular weight is 362 g/mol. The van der Waals surface area contributed by atoms with Gasteiger partial charge in [0.15, 0.2) is 0 Å². The van der Waals surface area contributed by atoms with Crippen LogP contribution in [0.4, 0.5) is 0 Å². The monoisotopic (exact) mass is 362 g/mol. The number of aromatic carboxylic acids is 1. The second kappa shape index (κ2) is 7.45. The topological polar surface area (TPSA) is 99.1 Å². The molecule has 5 atom stereocenters. The SMILES string of the molecule is CC(=O)OC[C@H]1[C@@H]([C@H](OC(C)=O)c2ccc(C(=O)O)cc2)C2CC[C@@H]1O2. The maximum Gasteiger partial charge on any atom is 0.335 e. The summed E-state index contributed by atoms with van der Waals surface area (Å²) in [5.41, 5.74) is 0.871. The van der Waals surface area contributed by atoms with E-state index in [0.717, 1.165) is 12.8 Å². The summed E-state index contributed by atoms with van der Waals surface area (Å²) in [6, 6.07) is 6.30. The van der Waals surface area contributed by atoms with Crippen LogP contribution >= 0.6 is 0 Å². The van der Waals surface area contributed by atoms with Crippen molar-refractivity contribution in [3.8, 4) is 0 Å². The summed E-state index contributed by atoms with van der Waals surface area (Å²) in [6.45, 7) is 2.91. The summed E-state index contributed by atoms with van der Waals surface area (Å²) in [5.74, 6) is -2.02. The molecule has 0 radical (unpaired) electrons. The highest BCUT2D eigenvalue weighted by Gasteiger charge is 2.53. The molecule has 26 heavy (non-hydrogen) atoms. The van der Waals surface area contributed by atoms with E-state index in [9.17, 15) is 14.4 Å². The highest BCUT2D eigenvalue weighted by atomic mass is 16.6. The molecule has 1 aromatic carbocycles. The van der Waals surface area contributed by atoms with Crippen molar-refractivity contribution in [1.82, 2.24) is 0 Å². The normalized spacial score (nSPS) is 27.8. The lowest BCUT2D eigenvalue weighted by Gasteiger charge is -2.33. The van der Waals surface area contributed by atoms with E-state index in [2.05, 4.69) is 0 Å². The van der Waals surface area contributed by atoms with E-state index in [-0.39, 0.29) is 42.2 Å². The minimum Gasteiger partial charge on any atom is -0.478 e. The molecule has 2 fully saturated rings. The van der Waals surface area contributed by atoms with Crippen LogP contribution in [0.1, 0.15) is 48.7 Å². The molecule has 140 valence electrons. The van der Waals surface area contributed by atoms with Crippen molar-refractivity contribution in [1.29, 1.82) is 0 Å². The molecule has 1 unspecified atom stereocenters. The first kappa shape index (κ1) is 18.4.